The van der Waals surface area contributed by atoms with E-state index in [1.54, 1.807) is 0 Å². The third kappa shape index (κ3) is 5.81. The molecule has 0 bridgehead atoms. The normalized spacial score (nSPS) is 13.3. The third-order valence-corrected chi connectivity index (χ3v) is 7.17. The van der Waals surface area contributed by atoms with Gasteiger partial charge in [-0.1, -0.05) is 23.2 Å². The molecule has 2 aromatic carbocycles. The first-order chi connectivity index (χ1) is 12.9. The van der Waals surface area contributed by atoms with Crippen LogP contribution in [-0.4, -0.2) is 33.2 Å². The summed E-state index contributed by atoms with van der Waals surface area (Å²) in [5.41, 5.74) is -0.262. The molecule has 0 amide bonds. The van der Waals surface area contributed by atoms with Gasteiger partial charge in [0.2, 0.25) is 0 Å². The quantitative estimate of drug-likeness (QED) is 0.578. The topological polar surface area (TPSA) is 91.8 Å². The molecule has 0 aliphatic carbocycles. The molecule has 2 aromatic rings. The number of sulfonamides is 1. The fourth-order valence-corrected chi connectivity index (χ4v) is 5.17. The van der Waals surface area contributed by atoms with E-state index in [2.05, 4.69) is 0 Å². The van der Waals surface area contributed by atoms with Crippen molar-refractivity contribution in [3.8, 4) is 0 Å². The van der Waals surface area contributed by atoms with Gasteiger partial charge in [-0.15, -0.1) is 0 Å². The maximum absolute atomic E-state index is 14.5. The van der Waals surface area contributed by atoms with Crippen molar-refractivity contribution in [2.24, 2.45) is 0 Å². The molecule has 0 spiro atoms. The van der Waals surface area contributed by atoms with Gasteiger partial charge in [-0.3, -0.25) is 8.86 Å². The molecule has 6 nitrogen and oxygen atoms in total. The van der Waals surface area contributed by atoms with E-state index in [9.17, 15) is 21.2 Å². The molecule has 2 rings (SSSR count). The second-order valence-corrected chi connectivity index (χ2v) is 10.4. The third-order valence-electron chi connectivity index (χ3n) is 3.94. The van der Waals surface area contributed by atoms with Crippen LogP contribution in [0.5, 0.6) is 0 Å². The van der Waals surface area contributed by atoms with E-state index in [-0.39, 0.29) is 28.4 Å². The smallest absolute Gasteiger partial charge is 0.264 e. The van der Waals surface area contributed by atoms with Gasteiger partial charge in [-0.2, -0.15) is 8.42 Å². The van der Waals surface area contributed by atoms with Crippen molar-refractivity contribution in [1.82, 2.24) is 0 Å². The van der Waals surface area contributed by atoms with Crippen LogP contribution in [0.15, 0.2) is 47.4 Å². The number of nitrogens with zero attached hydrogens (tertiary/aromatic N) is 1. The average Bonchev–Trinajstić information content (AvgIpc) is 2.57. The van der Waals surface area contributed by atoms with E-state index < -0.39 is 37.8 Å². The Kier molecular flexibility index (Phi) is 7.33. The van der Waals surface area contributed by atoms with Crippen molar-refractivity contribution in [3.05, 3.63) is 58.3 Å². The van der Waals surface area contributed by atoms with Crippen molar-refractivity contribution in [3.63, 3.8) is 0 Å². The van der Waals surface area contributed by atoms with Crippen LogP contribution in [0, 0.1) is 5.82 Å². The number of benzene rings is 2. The Bertz CT molecular complexity index is 1040. The SMILES string of the molecule is CC(CCCS(=O)(=O)O)N(c1cc(Cl)ccc1F)S(=O)(=O)c1ccc(Cl)cc1. The molecule has 154 valence electrons. The Labute approximate surface area is 173 Å². The zero-order valence-electron chi connectivity index (χ0n) is 14.7. The minimum absolute atomic E-state index is 0.0190. The van der Waals surface area contributed by atoms with Gasteiger partial charge in [0.25, 0.3) is 20.1 Å². The molecule has 0 aromatic heterocycles. The summed E-state index contributed by atoms with van der Waals surface area (Å²) in [5, 5.41) is 0.471. The summed E-state index contributed by atoms with van der Waals surface area (Å²) in [6.07, 6.45) is 0.0351. The molecule has 1 N–H and O–H groups in total. The van der Waals surface area contributed by atoms with Gasteiger partial charge in [-0.25, -0.2) is 12.8 Å². The first-order valence-corrected chi connectivity index (χ1v) is 11.9. The van der Waals surface area contributed by atoms with Crippen LogP contribution in [0.3, 0.4) is 0 Å². The average molecular weight is 470 g/mol. The molecule has 0 fully saturated rings. The van der Waals surface area contributed by atoms with Gasteiger partial charge in [0.15, 0.2) is 0 Å². The van der Waals surface area contributed by atoms with Crippen LogP contribution in [0.25, 0.3) is 0 Å². The molecular weight excluding hydrogens is 452 g/mol. The van der Waals surface area contributed by atoms with E-state index in [0.29, 0.717) is 5.02 Å². The minimum Gasteiger partial charge on any atom is -0.286 e. The van der Waals surface area contributed by atoms with Gasteiger partial charge in [0.1, 0.15) is 5.82 Å². The molecule has 0 aliphatic heterocycles. The zero-order valence-corrected chi connectivity index (χ0v) is 17.9. The van der Waals surface area contributed by atoms with Crippen LogP contribution < -0.4 is 4.31 Å². The van der Waals surface area contributed by atoms with Crippen LogP contribution in [0.4, 0.5) is 10.1 Å². The molecule has 1 atom stereocenters. The first-order valence-electron chi connectivity index (χ1n) is 8.12. The number of hydrogen-bond acceptors (Lipinski definition) is 4. The highest BCUT2D eigenvalue weighted by atomic mass is 35.5. The fourth-order valence-electron chi connectivity index (χ4n) is 2.66. The van der Waals surface area contributed by atoms with Crippen molar-refractivity contribution < 1.29 is 25.8 Å². The van der Waals surface area contributed by atoms with Gasteiger partial charge in [0, 0.05) is 16.1 Å². The lowest BCUT2D eigenvalue weighted by Crippen LogP contribution is -2.39. The molecule has 0 heterocycles. The zero-order chi connectivity index (χ0) is 21.1. The highest BCUT2D eigenvalue weighted by Crippen LogP contribution is 2.32. The summed E-state index contributed by atoms with van der Waals surface area (Å²) in [7, 11) is -8.41. The second kappa shape index (κ2) is 8.96. The van der Waals surface area contributed by atoms with Crippen molar-refractivity contribution in [1.29, 1.82) is 0 Å². The van der Waals surface area contributed by atoms with E-state index in [1.807, 2.05) is 0 Å². The highest BCUT2D eigenvalue weighted by molar-refractivity contribution is 7.92. The Morgan fingerprint density at radius 2 is 1.61 bits per heavy atom. The summed E-state index contributed by atoms with van der Waals surface area (Å²) >= 11 is 11.7. The monoisotopic (exact) mass is 469 g/mol. The van der Waals surface area contributed by atoms with Crippen LogP contribution >= 0.6 is 23.2 Å². The summed E-state index contributed by atoms with van der Waals surface area (Å²) < 4.78 is 72.5. The summed E-state index contributed by atoms with van der Waals surface area (Å²) in [6.45, 7) is 1.51. The Morgan fingerprint density at radius 3 is 2.18 bits per heavy atom. The lowest BCUT2D eigenvalue weighted by Gasteiger charge is -2.31. The van der Waals surface area contributed by atoms with E-state index >= 15 is 0 Å². The lowest BCUT2D eigenvalue weighted by molar-refractivity contribution is 0.478. The molecule has 11 heteroatoms. The van der Waals surface area contributed by atoms with Gasteiger partial charge >= 0.3 is 0 Å². The fraction of sp³-hybridized carbons (Fsp3) is 0.294. The molecule has 0 radical (unpaired) electrons. The lowest BCUT2D eigenvalue weighted by atomic mass is 10.2. The van der Waals surface area contributed by atoms with Gasteiger partial charge < -0.3 is 0 Å². The van der Waals surface area contributed by atoms with Crippen molar-refractivity contribution in [2.75, 3.05) is 10.1 Å². The second-order valence-electron chi connectivity index (χ2n) is 6.13. The van der Waals surface area contributed by atoms with E-state index in [4.69, 9.17) is 27.8 Å². The van der Waals surface area contributed by atoms with Crippen LogP contribution in [0.2, 0.25) is 10.0 Å². The van der Waals surface area contributed by atoms with Crippen LogP contribution in [0.1, 0.15) is 19.8 Å². The molecule has 0 saturated carbocycles. The predicted molar refractivity (Wildman–Crippen MR) is 108 cm³/mol. The molecule has 28 heavy (non-hydrogen) atoms. The van der Waals surface area contributed by atoms with Gasteiger partial charge in [0.05, 0.1) is 16.3 Å². The van der Waals surface area contributed by atoms with Crippen molar-refractivity contribution >= 4 is 49.0 Å². The number of hydrogen-bond donors (Lipinski definition) is 1. The Morgan fingerprint density at radius 1 is 1.04 bits per heavy atom. The largest absolute Gasteiger partial charge is 0.286 e. The molecular formula is C17H18Cl2FNO5S2. The molecule has 1 unspecified atom stereocenters. The highest BCUT2D eigenvalue weighted by Gasteiger charge is 2.31. The van der Waals surface area contributed by atoms with Crippen molar-refractivity contribution in [2.45, 2.75) is 30.7 Å². The minimum atomic E-state index is -4.21. The Balaban J connectivity index is 2.49. The molecule has 0 saturated heterocycles. The molecule has 0 aliphatic rings. The van der Waals surface area contributed by atoms with E-state index in [1.165, 1.54) is 43.3 Å². The van der Waals surface area contributed by atoms with Gasteiger partial charge in [-0.05, 0) is 62.2 Å². The standard InChI is InChI=1S/C17H18Cl2FNO5S2/c1-12(3-2-10-27(22,23)24)21(17-11-14(19)6-9-16(17)20)28(25,26)15-7-4-13(18)5-8-15/h4-9,11-12H,2-3,10H2,1H3,(H,22,23,24). The summed E-state index contributed by atoms with van der Waals surface area (Å²) in [4.78, 5) is -0.113. The number of halogens is 3. The van der Waals surface area contributed by atoms with Crippen LogP contribution in [-0.2, 0) is 20.1 Å². The van der Waals surface area contributed by atoms with E-state index in [0.717, 1.165) is 10.4 Å². The Hall–Kier alpha value is -1.39. The number of rotatable bonds is 8. The number of anilines is 1. The first kappa shape index (κ1) is 22.9. The summed E-state index contributed by atoms with van der Waals surface area (Å²) in [6, 6.07) is 8.06. The predicted octanol–water partition coefficient (Wildman–Crippen LogP) is 4.38. The summed E-state index contributed by atoms with van der Waals surface area (Å²) in [5.74, 6) is -1.34. The maximum Gasteiger partial charge on any atom is 0.264 e. The maximum atomic E-state index is 14.5.